The van der Waals surface area contributed by atoms with E-state index in [9.17, 15) is 14.4 Å². The molecule has 0 aromatic carbocycles. The molecule has 1 saturated heterocycles. The van der Waals surface area contributed by atoms with Crippen molar-refractivity contribution in [1.29, 1.82) is 0 Å². The fraction of sp³-hybridized carbons (Fsp3) is 0.750. The summed E-state index contributed by atoms with van der Waals surface area (Å²) in [5.74, 6) is -1.20. The molecule has 0 aromatic heterocycles. The van der Waals surface area contributed by atoms with Crippen LogP contribution in [0.1, 0.15) is 40.5 Å². The fourth-order valence-corrected chi connectivity index (χ4v) is 1.73. The maximum absolute atomic E-state index is 11.9. The zero-order valence-electron chi connectivity index (χ0n) is 10.8. The van der Waals surface area contributed by atoms with Crippen LogP contribution in [0.4, 0.5) is 4.79 Å². The lowest BCUT2D eigenvalue weighted by atomic mass is 9.93. The molecule has 0 bridgehead atoms. The average Bonchev–Trinajstić information content (AvgIpc) is 2.15. The minimum Gasteiger partial charge on any atom is -0.443 e. The Morgan fingerprint density at radius 3 is 2.47 bits per heavy atom. The summed E-state index contributed by atoms with van der Waals surface area (Å²) >= 11 is 0. The van der Waals surface area contributed by atoms with Crippen LogP contribution < -0.4 is 0 Å². The van der Waals surface area contributed by atoms with Crippen LogP contribution in [-0.2, 0) is 14.3 Å². The number of ether oxygens (including phenoxy) is 1. The summed E-state index contributed by atoms with van der Waals surface area (Å²) in [5.41, 5.74) is -0.638. The number of carbonyl (C=O) groups excluding carboxylic acids is 3. The topological polar surface area (TPSA) is 63.7 Å². The molecule has 0 saturated carbocycles. The van der Waals surface area contributed by atoms with Gasteiger partial charge in [0.25, 0.3) is 0 Å². The monoisotopic (exact) mass is 241 g/mol. The number of hydrogen-bond acceptors (Lipinski definition) is 4. The number of amides is 2. The molecule has 1 rings (SSSR count). The van der Waals surface area contributed by atoms with Crippen molar-refractivity contribution in [2.24, 2.45) is 5.92 Å². The lowest BCUT2D eigenvalue weighted by Gasteiger charge is -2.31. The second kappa shape index (κ2) is 4.85. The summed E-state index contributed by atoms with van der Waals surface area (Å²) < 4.78 is 5.13. The highest BCUT2D eigenvalue weighted by Crippen LogP contribution is 2.20. The summed E-state index contributed by atoms with van der Waals surface area (Å²) in [6.07, 6.45) is -0.00561. The number of ketones is 1. The van der Waals surface area contributed by atoms with Crippen molar-refractivity contribution in [3.8, 4) is 0 Å². The molecule has 0 aromatic rings. The molecule has 0 spiro atoms. The van der Waals surface area contributed by atoms with E-state index in [1.807, 2.05) is 0 Å². The van der Waals surface area contributed by atoms with Gasteiger partial charge >= 0.3 is 6.09 Å². The van der Waals surface area contributed by atoms with Crippen molar-refractivity contribution >= 4 is 17.8 Å². The molecule has 0 aliphatic carbocycles. The summed E-state index contributed by atoms with van der Waals surface area (Å²) in [7, 11) is 0. The van der Waals surface area contributed by atoms with E-state index in [2.05, 4.69) is 0 Å². The summed E-state index contributed by atoms with van der Waals surface area (Å²) in [6.45, 7) is 7.10. The van der Waals surface area contributed by atoms with E-state index in [1.165, 1.54) is 0 Å². The Morgan fingerprint density at radius 1 is 1.41 bits per heavy atom. The minimum atomic E-state index is -0.684. The van der Waals surface area contributed by atoms with Gasteiger partial charge in [-0.2, -0.15) is 0 Å². The standard InChI is InChI=1S/C12H19NO4/c1-5-8-9(14)6-7-13(10(8)15)11(16)17-12(2,3)4/h8H,5-7H2,1-4H3. The Morgan fingerprint density at radius 2 is 2.00 bits per heavy atom. The van der Waals surface area contributed by atoms with Gasteiger partial charge in [0, 0.05) is 13.0 Å². The summed E-state index contributed by atoms with van der Waals surface area (Å²) in [6, 6.07) is 0. The van der Waals surface area contributed by atoms with Crippen LogP contribution in [0.25, 0.3) is 0 Å². The predicted octanol–water partition coefficient (Wildman–Crippen LogP) is 1.75. The SMILES string of the molecule is CCC1C(=O)CCN(C(=O)OC(C)(C)C)C1=O. The quantitative estimate of drug-likeness (QED) is 0.656. The molecule has 1 aliphatic heterocycles. The first-order valence-corrected chi connectivity index (χ1v) is 5.83. The lowest BCUT2D eigenvalue weighted by Crippen LogP contribution is -2.50. The van der Waals surface area contributed by atoms with Crippen molar-refractivity contribution in [3.63, 3.8) is 0 Å². The first-order valence-electron chi connectivity index (χ1n) is 5.83. The first kappa shape index (κ1) is 13.7. The molecule has 0 radical (unpaired) electrons. The fourth-order valence-electron chi connectivity index (χ4n) is 1.73. The molecular weight excluding hydrogens is 222 g/mol. The second-order valence-corrected chi connectivity index (χ2v) is 5.15. The summed E-state index contributed by atoms with van der Waals surface area (Å²) in [4.78, 5) is 36.2. The number of hydrogen-bond donors (Lipinski definition) is 0. The third-order valence-electron chi connectivity index (χ3n) is 2.56. The number of Topliss-reactive ketones (excluding diaryl/α,β-unsaturated/α-hetero) is 1. The predicted molar refractivity (Wildman–Crippen MR) is 61.4 cm³/mol. The number of rotatable bonds is 1. The van der Waals surface area contributed by atoms with Gasteiger partial charge in [-0.3, -0.25) is 9.59 Å². The Balaban J connectivity index is 2.76. The maximum atomic E-state index is 11.9. The van der Waals surface area contributed by atoms with Crippen molar-refractivity contribution in [3.05, 3.63) is 0 Å². The van der Waals surface area contributed by atoms with Crippen molar-refractivity contribution in [2.45, 2.75) is 46.1 Å². The molecule has 1 fully saturated rings. The van der Waals surface area contributed by atoms with E-state index in [1.54, 1.807) is 27.7 Å². The van der Waals surface area contributed by atoms with Crippen LogP contribution >= 0.6 is 0 Å². The molecular formula is C12H19NO4. The number of imide groups is 1. The molecule has 1 unspecified atom stereocenters. The van der Waals surface area contributed by atoms with Crippen LogP contribution in [0.2, 0.25) is 0 Å². The number of likely N-dealkylation sites (tertiary alicyclic amines) is 1. The van der Waals surface area contributed by atoms with Gasteiger partial charge < -0.3 is 4.74 Å². The molecule has 2 amide bonds. The molecule has 1 atom stereocenters. The molecule has 5 heteroatoms. The molecule has 1 aliphatic rings. The first-order chi connectivity index (χ1) is 7.76. The van der Waals surface area contributed by atoms with Gasteiger partial charge in [-0.15, -0.1) is 0 Å². The highest BCUT2D eigenvalue weighted by Gasteiger charge is 2.38. The van der Waals surface area contributed by atoms with Crippen LogP contribution in [-0.4, -0.2) is 34.8 Å². The Labute approximate surface area is 101 Å². The third-order valence-corrected chi connectivity index (χ3v) is 2.56. The van der Waals surface area contributed by atoms with Gasteiger partial charge in [0.15, 0.2) is 0 Å². The third kappa shape index (κ3) is 3.28. The number of nitrogens with zero attached hydrogens (tertiary/aromatic N) is 1. The minimum absolute atomic E-state index is 0.0858. The van der Waals surface area contributed by atoms with E-state index in [4.69, 9.17) is 4.74 Å². The summed E-state index contributed by atoms with van der Waals surface area (Å²) in [5, 5.41) is 0. The van der Waals surface area contributed by atoms with Crippen LogP contribution in [0.5, 0.6) is 0 Å². The van der Waals surface area contributed by atoms with Crippen LogP contribution in [0.15, 0.2) is 0 Å². The lowest BCUT2D eigenvalue weighted by molar-refractivity contribution is -0.144. The van der Waals surface area contributed by atoms with Gasteiger partial charge in [0.05, 0.1) is 5.92 Å². The van der Waals surface area contributed by atoms with Gasteiger partial charge in [-0.1, -0.05) is 6.92 Å². The van der Waals surface area contributed by atoms with Crippen LogP contribution in [0, 0.1) is 5.92 Å². The van der Waals surface area contributed by atoms with E-state index in [-0.39, 0.29) is 18.7 Å². The maximum Gasteiger partial charge on any atom is 0.417 e. The van der Waals surface area contributed by atoms with Gasteiger partial charge in [0.2, 0.25) is 5.91 Å². The zero-order valence-corrected chi connectivity index (χ0v) is 10.8. The van der Waals surface area contributed by atoms with Gasteiger partial charge in [0.1, 0.15) is 11.4 Å². The number of carbonyl (C=O) groups is 3. The van der Waals surface area contributed by atoms with E-state index >= 15 is 0 Å². The van der Waals surface area contributed by atoms with E-state index < -0.39 is 23.5 Å². The average molecular weight is 241 g/mol. The highest BCUT2D eigenvalue weighted by molar-refractivity contribution is 6.08. The molecule has 96 valence electrons. The Bertz CT molecular complexity index is 343. The van der Waals surface area contributed by atoms with Crippen molar-refractivity contribution in [1.82, 2.24) is 4.90 Å². The normalized spacial score (nSPS) is 21.6. The molecule has 17 heavy (non-hydrogen) atoms. The Hall–Kier alpha value is -1.39. The van der Waals surface area contributed by atoms with Crippen molar-refractivity contribution in [2.75, 3.05) is 6.54 Å². The second-order valence-electron chi connectivity index (χ2n) is 5.15. The van der Waals surface area contributed by atoms with Crippen LogP contribution in [0.3, 0.4) is 0 Å². The smallest absolute Gasteiger partial charge is 0.417 e. The number of piperidine rings is 1. The molecule has 0 N–H and O–H groups in total. The van der Waals surface area contributed by atoms with E-state index in [0.717, 1.165) is 4.90 Å². The van der Waals surface area contributed by atoms with Gasteiger partial charge in [-0.25, -0.2) is 9.69 Å². The van der Waals surface area contributed by atoms with Gasteiger partial charge in [-0.05, 0) is 27.2 Å². The highest BCUT2D eigenvalue weighted by atomic mass is 16.6. The zero-order chi connectivity index (χ0) is 13.2. The molecule has 1 heterocycles. The molecule has 5 nitrogen and oxygen atoms in total. The van der Waals surface area contributed by atoms with Crippen molar-refractivity contribution < 1.29 is 19.1 Å². The van der Waals surface area contributed by atoms with E-state index in [0.29, 0.717) is 6.42 Å². The largest absolute Gasteiger partial charge is 0.443 e. The Kier molecular flexibility index (Phi) is 3.91.